The first-order valence-corrected chi connectivity index (χ1v) is 6.65. The number of H-pyrrole nitrogens is 1. The third kappa shape index (κ3) is 3.82. The summed E-state index contributed by atoms with van der Waals surface area (Å²) in [5, 5.41) is 9.42. The zero-order chi connectivity index (χ0) is 14.5. The molecular formula is C16H19N3O. The van der Waals surface area contributed by atoms with Gasteiger partial charge in [-0.3, -0.25) is 9.89 Å². The number of carbonyl (C=O) groups is 1. The molecule has 0 atom stereocenters. The Bertz CT molecular complexity index is 609. The van der Waals surface area contributed by atoms with Crippen molar-refractivity contribution in [3.05, 3.63) is 53.2 Å². The molecule has 4 heteroatoms. The van der Waals surface area contributed by atoms with Crippen LogP contribution in [0.5, 0.6) is 0 Å². The highest BCUT2D eigenvalue weighted by Crippen LogP contribution is 2.15. The average molecular weight is 269 g/mol. The number of nitrogens with one attached hydrogen (secondary N) is 2. The molecule has 0 saturated carbocycles. The summed E-state index contributed by atoms with van der Waals surface area (Å²) in [6.07, 6.45) is 3.30. The molecule has 0 spiro atoms. The molecule has 1 amide bonds. The lowest BCUT2D eigenvalue weighted by molar-refractivity contribution is -0.111. The minimum absolute atomic E-state index is 0.190. The molecule has 0 saturated heterocycles. The SMILES string of the molecule is Cc1cc(NC(=O)C=Cc2ccc(C(C)C)cc2)n[nH]1. The summed E-state index contributed by atoms with van der Waals surface area (Å²) in [4.78, 5) is 11.7. The average Bonchev–Trinajstić information content (AvgIpc) is 2.82. The van der Waals surface area contributed by atoms with Crippen LogP contribution in [-0.4, -0.2) is 16.1 Å². The molecule has 2 aromatic rings. The maximum Gasteiger partial charge on any atom is 0.249 e. The van der Waals surface area contributed by atoms with Crippen molar-refractivity contribution in [1.82, 2.24) is 10.2 Å². The molecule has 0 unspecified atom stereocenters. The largest absolute Gasteiger partial charge is 0.306 e. The van der Waals surface area contributed by atoms with Crippen molar-refractivity contribution in [1.29, 1.82) is 0 Å². The van der Waals surface area contributed by atoms with E-state index in [1.165, 1.54) is 11.6 Å². The molecule has 104 valence electrons. The first kappa shape index (κ1) is 14.1. The lowest BCUT2D eigenvalue weighted by Gasteiger charge is -2.04. The lowest BCUT2D eigenvalue weighted by Crippen LogP contribution is -2.07. The number of benzene rings is 1. The monoisotopic (exact) mass is 269 g/mol. The van der Waals surface area contributed by atoms with Gasteiger partial charge in [-0.05, 0) is 30.0 Å². The summed E-state index contributed by atoms with van der Waals surface area (Å²) < 4.78 is 0. The van der Waals surface area contributed by atoms with Gasteiger partial charge in [-0.1, -0.05) is 38.1 Å². The molecule has 0 bridgehead atoms. The second-order valence-corrected chi connectivity index (χ2v) is 5.08. The van der Waals surface area contributed by atoms with Crippen LogP contribution in [0.3, 0.4) is 0 Å². The normalized spacial score (nSPS) is 11.2. The summed E-state index contributed by atoms with van der Waals surface area (Å²) >= 11 is 0. The Morgan fingerprint density at radius 3 is 2.55 bits per heavy atom. The van der Waals surface area contributed by atoms with E-state index in [9.17, 15) is 4.79 Å². The molecule has 0 aliphatic heterocycles. The van der Waals surface area contributed by atoms with Crippen molar-refractivity contribution >= 4 is 17.8 Å². The van der Waals surface area contributed by atoms with Gasteiger partial charge in [0.1, 0.15) is 0 Å². The fraction of sp³-hybridized carbons (Fsp3) is 0.250. The zero-order valence-corrected chi connectivity index (χ0v) is 12.0. The van der Waals surface area contributed by atoms with Crippen molar-refractivity contribution in [2.24, 2.45) is 0 Å². The van der Waals surface area contributed by atoms with Gasteiger partial charge in [0, 0.05) is 17.8 Å². The number of hydrogen-bond donors (Lipinski definition) is 2. The van der Waals surface area contributed by atoms with Crippen LogP contribution >= 0.6 is 0 Å². The number of carbonyl (C=O) groups excluding carboxylic acids is 1. The van der Waals surface area contributed by atoms with E-state index in [0.29, 0.717) is 11.7 Å². The van der Waals surface area contributed by atoms with Crippen LogP contribution < -0.4 is 5.32 Å². The van der Waals surface area contributed by atoms with Crippen LogP contribution in [-0.2, 0) is 4.79 Å². The molecule has 1 heterocycles. The highest BCUT2D eigenvalue weighted by Gasteiger charge is 2.01. The predicted molar refractivity (Wildman–Crippen MR) is 81.5 cm³/mol. The van der Waals surface area contributed by atoms with Gasteiger partial charge in [-0.2, -0.15) is 5.10 Å². The summed E-state index contributed by atoms with van der Waals surface area (Å²) in [6.45, 7) is 6.20. The molecular weight excluding hydrogens is 250 g/mol. The Morgan fingerprint density at radius 2 is 2.00 bits per heavy atom. The van der Waals surface area contributed by atoms with E-state index in [4.69, 9.17) is 0 Å². The summed E-state index contributed by atoms with van der Waals surface area (Å²) in [5.74, 6) is 0.857. The highest BCUT2D eigenvalue weighted by molar-refractivity contribution is 6.01. The summed E-state index contributed by atoms with van der Waals surface area (Å²) in [5.41, 5.74) is 3.20. The molecule has 2 N–H and O–H groups in total. The van der Waals surface area contributed by atoms with Gasteiger partial charge in [-0.25, -0.2) is 0 Å². The maximum absolute atomic E-state index is 11.7. The molecule has 0 radical (unpaired) electrons. The number of rotatable bonds is 4. The highest BCUT2D eigenvalue weighted by atomic mass is 16.1. The number of aryl methyl sites for hydroxylation is 1. The van der Waals surface area contributed by atoms with Crippen molar-refractivity contribution in [3.8, 4) is 0 Å². The first-order valence-electron chi connectivity index (χ1n) is 6.65. The number of aromatic amines is 1. The van der Waals surface area contributed by atoms with Gasteiger partial charge in [0.05, 0.1) is 0 Å². The quantitative estimate of drug-likeness (QED) is 0.835. The van der Waals surface area contributed by atoms with Crippen molar-refractivity contribution in [2.45, 2.75) is 26.7 Å². The molecule has 0 aliphatic carbocycles. The van der Waals surface area contributed by atoms with Crippen molar-refractivity contribution < 1.29 is 4.79 Å². The van der Waals surface area contributed by atoms with E-state index in [1.807, 2.05) is 19.1 Å². The third-order valence-corrected chi connectivity index (χ3v) is 2.99. The maximum atomic E-state index is 11.7. The topological polar surface area (TPSA) is 57.8 Å². The predicted octanol–water partition coefficient (Wildman–Crippen LogP) is 3.49. The van der Waals surface area contributed by atoms with Gasteiger partial charge in [0.2, 0.25) is 5.91 Å². The molecule has 0 fully saturated rings. The van der Waals surface area contributed by atoms with Gasteiger partial charge >= 0.3 is 0 Å². The van der Waals surface area contributed by atoms with Gasteiger partial charge < -0.3 is 5.32 Å². The van der Waals surface area contributed by atoms with Gasteiger partial charge in [0.25, 0.3) is 0 Å². The molecule has 2 rings (SSSR count). The van der Waals surface area contributed by atoms with Crippen LogP contribution in [0, 0.1) is 6.92 Å². The number of nitrogens with zero attached hydrogens (tertiary/aromatic N) is 1. The van der Waals surface area contributed by atoms with Crippen LogP contribution in [0.4, 0.5) is 5.82 Å². The van der Waals surface area contributed by atoms with Crippen LogP contribution in [0.15, 0.2) is 36.4 Å². The second-order valence-electron chi connectivity index (χ2n) is 5.08. The van der Waals surface area contributed by atoms with E-state index in [2.05, 4.69) is 41.5 Å². The number of amides is 1. The summed E-state index contributed by atoms with van der Waals surface area (Å²) in [6, 6.07) is 9.97. The Labute approximate surface area is 118 Å². The lowest BCUT2D eigenvalue weighted by atomic mass is 10.0. The van der Waals surface area contributed by atoms with E-state index >= 15 is 0 Å². The standard InChI is InChI=1S/C16H19N3O/c1-11(2)14-7-4-13(5-8-14)6-9-16(20)17-15-10-12(3)18-19-15/h4-11H,1-3H3,(H2,17,18,19,20). The number of aromatic nitrogens is 2. The van der Waals surface area contributed by atoms with E-state index in [0.717, 1.165) is 11.3 Å². The van der Waals surface area contributed by atoms with E-state index in [-0.39, 0.29) is 5.91 Å². The molecule has 0 aliphatic rings. The fourth-order valence-corrected chi connectivity index (χ4v) is 1.81. The Morgan fingerprint density at radius 1 is 1.30 bits per heavy atom. The Balaban J connectivity index is 1.96. The van der Waals surface area contributed by atoms with Crippen molar-refractivity contribution in [3.63, 3.8) is 0 Å². The third-order valence-electron chi connectivity index (χ3n) is 2.99. The Hall–Kier alpha value is -2.36. The fourth-order valence-electron chi connectivity index (χ4n) is 1.81. The summed E-state index contributed by atoms with van der Waals surface area (Å²) in [7, 11) is 0. The number of anilines is 1. The van der Waals surface area contributed by atoms with E-state index in [1.54, 1.807) is 12.1 Å². The van der Waals surface area contributed by atoms with Gasteiger partial charge in [-0.15, -0.1) is 0 Å². The van der Waals surface area contributed by atoms with Crippen molar-refractivity contribution in [2.75, 3.05) is 5.32 Å². The molecule has 4 nitrogen and oxygen atoms in total. The van der Waals surface area contributed by atoms with Crippen LogP contribution in [0.2, 0.25) is 0 Å². The smallest absolute Gasteiger partial charge is 0.249 e. The van der Waals surface area contributed by atoms with E-state index < -0.39 is 0 Å². The second kappa shape index (κ2) is 6.19. The first-order chi connectivity index (χ1) is 9.54. The Kier molecular flexibility index (Phi) is 4.35. The molecule has 1 aromatic carbocycles. The zero-order valence-electron chi connectivity index (χ0n) is 12.0. The minimum atomic E-state index is -0.190. The molecule has 20 heavy (non-hydrogen) atoms. The van der Waals surface area contributed by atoms with Gasteiger partial charge in [0.15, 0.2) is 5.82 Å². The molecule has 1 aromatic heterocycles. The van der Waals surface area contributed by atoms with Crippen LogP contribution in [0.1, 0.15) is 36.6 Å². The minimum Gasteiger partial charge on any atom is -0.306 e. The number of hydrogen-bond acceptors (Lipinski definition) is 2. The van der Waals surface area contributed by atoms with Crippen LogP contribution in [0.25, 0.3) is 6.08 Å².